The van der Waals surface area contributed by atoms with Crippen molar-refractivity contribution < 1.29 is 4.74 Å². The second-order valence-electron chi connectivity index (χ2n) is 5.73. The molecule has 1 N–H and O–H groups in total. The first-order valence-corrected chi connectivity index (χ1v) is 8.06. The highest BCUT2D eigenvalue weighted by Crippen LogP contribution is 2.20. The molecule has 0 saturated carbocycles. The molecule has 4 aromatic rings. The van der Waals surface area contributed by atoms with Gasteiger partial charge in [-0.2, -0.15) is 0 Å². The standard InChI is InChI=1S/C21H16N2O2/c24-21-18-8-4-5-9-19(18)22-20(23-21)16-10-12-17(13-11-16)25-14-15-6-2-1-3-7-15/h1-13H,14H2,(H,22,23,24). The van der Waals surface area contributed by atoms with Gasteiger partial charge in [-0.3, -0.25) is 4.79 Å². The van der Waals surface area contributed by atoms with E-state index in [1.807, 2.05) is 72.8 Å². The summed E-state index contributed by atoms with van der Waals surface area (Å²) in [7, 11) is 0. The van der Waals surface area contributed by atoms with Crippen molar-refractivity contribution in [2.24, 2.45) is 0 Å². The Kier molecular flexibility index (Phi) is 4.01. The van der Waals surface area contributed by atoms with Crippen molar-refractivity contribution in [3.05, 3.63) is 94.8 Å². The van der Waals surface area contributed by atoms with Crippen LogP contribution in [0.5, 0.6) is 5.75 Å². The molecule has 4 rings (SSSR count). The maximum Gasteiger partial charge on any atom is 0.259 e. The molecule has 0 aliphatic rings. The molecule has 0 aliphatic heterocycles. The average molecular weight is 328 g/mol. The summed E-state index contributed by atoms with van der Waals surface area (Å²) < 4.78 is 5.78. The minimum Gasteiger partial charge on any atom is -0.489 e. The van der Waals surface area contributed by atoms with Gasteiger partial charge in [-0.25, -0.2) is 4.98 Å². The van der Waals surface area contributed by atoms with Crippen molar-refractivity contribution >= 4 is 10.9 Å². The zero-order valence-electron chi connectivity index (χ0n) is 13.5. The number of para-hydroxylation sites is 1. The predicted molar refractivity (Wildman–Crippen MR) is 98.6 cm³/mol. The van der Waals surface area contributed by atoms with E-state index < -0.39 is 0 Å². The minimum absolute atomic E-state index is 0.134. The van der Waals surface area contributed by atoms with Gasteiger partial charge in [-0.15, -0.1) is 0 Å². The van der Waals surface area contributed by atoms with Crippen molar-refractivity contribution in [2.75, 3.05) is 0 Å². The monoisotopic (exact) mass is 328 g/mol. The molecule has 0 fully saturated rings. The van der Waals surface area contributed by atoms with E-state index in [9.17, 15) is 4.79 Å². The van der Waals surface area contributed by atoms with Gasteiger partial charge in [0.2, 0.25) is 0 Å². The van der Waals surface area contributed by atoms with Gasteiger partial charge in [0.1, 0.15) is 18.2 Å². The van der Waals surface area contributed by atoms with E-state index in [0.29, 0.717) is 23.3 Å². The van der Waals surface area contributed by atoms with Crippen molar-refractivity contribution in [3.63, 3.8) is 0 Å². The fourth-order valence-corrected chi connectivity index (χ4v) is 2.67. The average Bonchev–Trinajstić information content (AvgIpc) is 2.68. The van der Waals surface area contributed by atoms with Crippen molar-refractivity contribution in [1.82, 2.24) is 9.97 Å². The van der Waals surface area contributed by atoms with E-state index in [4.69, 9.17) is 4.74 Å². The maximum atomic E-state index is 12.2. The van der Waals surface area contributed by atoms with Gasteiger partial charge in [0.15, 0.2) is 0 Å². The van der Waals surface area contributed by atoms with Crippen LogP contribution in [-0.4, -0.2) is 9.97 Å². The van der Waals surface area contributed by atoms with E-state index in [2.05, 4.69) is 9.97 Å². The molecule has 4 nitrogen and oxygen atoms in total. The smallest absolute Gasteiger partial charge is 0.259 e. The molecular weight excluding hydrogens is 312 g/mol. The first-order chi connectivity index (χ1) is 12.3. The largest absolute Gasteiger partial charge is 0.489 e. The van der Waals surface area contributed by atoms with E-state index in [1.165, 1.54) is 0 Å². The first-order valence-electron chi connectivity index (χ1n) is 8.06. The Balaban J connectivity index is 1.57. The van der Waals surface area contributed by atoms with Gasteiger partial charge in [0, 0.05) is 5.56 Å². The van der Waals surface area contributed by atoms with Crippen molar-refractivity contribution in [1.29, 1.82) is 0 Å². The topological polar surface area (TPSA) is 55.0 Å². The lowest BCUT2D eigenvalue weighted by Gasteiger charge is -2.07. The van der Waals surface area contributed by atoms with Crippen LogP contribution in [0.15, 0.2) is 83.7 Å². The van der Waals surface area contributed by atoms with Gasteiger partial charge in [-0.05, 0) is 42.0 Å². The summed E-state index contributed by atoms with van der Waals surface area (Å²) in [5.41, 5.74) is 2.51. The fraction of sp³-hybridized carbons (Fsp3) is 0.0476. The molecule has 3 aromatic carbocycles. The van der Waals surface area contributed by atoms with Crippen molar-refractivity contribution in [3.8, 4) is 17.1 Å². The molecule has 1 heterocycles. The number of hydrogen-bond donors (Lipinski definition) is 1. The number of H-pyrrole nitrogens is 1. The third kappa shape index (κ3) is 3.28. The van der Waals surface area contributed by atoms with Crippen LogP contribution in [0, 0.1) is 0 Å². The quantitative estimate of drug-likeness (QED) is 0.612. The lowest BCUT2D eigenvalue weighted by molar-refractivity contribution is 0.306. The number of aromatic nitrogens is 2. The van der Waals surface area contributed by atoms with Crippen LogP contribution in [0.2, 0.25) is 0 Å². The molecule has 0 radical (unpaired) electrons. The second-order valence-corrected chi connectivity index (χ2v) is 5.73. The third-order valence-electron chi connectivity index (χ3n) is 3.99. The summed E-state index contributed by atoms with van der Waals surface area (Å²) in [5, 5.41) is 0.592. The van der Waals surface area contributed by atoms with E-state index in [0.717, 1.165) is 16.9 Å². The number of nitrogens with zero attached hydrogens (tertiary/aromatic N) is 1. The Labute approximate surface area is 144 Å². The number of ether oxygens (including phenoxy) is 1. The summed E-state index contributed by atoms with van der Waals surface area (Å²) in [5.74, 6) is 1.33. The molecule has 122 valence electrons. The van der Waals surface area contributed by atoms with Crippen LogP contribution < -0.4 is 10.3 Å². The highest BCUT2D eigenvalue weighted by atomic mass is 16.5. The number of fused-ring (bicyclic) bond motifs is 1. The van der Waals surface area contributed by atoms with E-state index >= 15 is 0 Å². The number of benzene rings is 3. The first kappa shape index (κ1) is 15.1. The van der Waals surface area contributed by atoms with E-state index in [-0.39, 0.29) is 5.56 Å². The van der Waals surface area contributed by atoms with Crippen LogP contribution in [0.3, 0.4) is 0 Å². The fourth-order valence-electron chi connectivity index (χ4n) is 2.67. The van der Waals surface area contributed by atoms with Gasteiger partial charge < -0.3 is 9.72 Å². The van der Waals surface area contributed by atoms with Crippen LogP contribution in [-0.2, 0) is 6.61 Å². The highest BCUT2D eigenvalue weighted by Gasteiger charge is 2.06. The molecule has 0 unspecified atom stereocenters. The second kappa shape index (κ2) is 6.61. The van der Waals surface area contributed by atoms with Crippen LogP contribution in [0.4, 0.5) is 0 Å². The SMILES string of the molecule is O=c1[nH]c(-c2ccc(OCc3ccccc3)cc2)nc2ccccc12. The van der Waals surface area contributed by atoms with E-state index in [1.54, 1.807) is 6.07 Å². The zero-order chi connectivity index (χ0) is 17.1. The molecule has 0 atom stereocenters. The molecular formula is C21H16N2O2. The molecule has 0 aliphatic carbocycles. The van der Waals surface area contributed by atoms with Gasteiger partial charge in [0.05, 0.1) is 10.9 Å². The third-order valence-corrected chi connectivity index (χ3v) is 3.99. The van der Waals surface area contributed by atoms with Gasteiger partial charge >= 0.3 is 0 Å². The summed E-state index contributed by atoms with van der Waals surface area (Å²) in [6.07, 6.45) is 0. The number of rotatable bonds is 4. The Morgan fingerprint density at radius 3 is 2.36 bits per heavy atom. The Hall–Kier alpha value is -3.40. The summed E-state index contributed by atoms with van der Waals surface area (Å²) in [4.78, 5) is 19.5. The van der Waals surface area contributed by atoms with Gasteiger partial charge in [0.25, 0.3) is 5.56 Å². The van der Waals surface area contributed by atoms with Crippen molar-refractivity contribution in [2.45, 2.75) is 6.61 Å². The van der Waals surface area contributed by atoms with Crippen LogP contribution >= 0.6 is 0 Å². The molecule has 0 bridgehead atoms. The molecule has 4 heteroatoms. The summed E-state index contributed by atoms with van der Waals surface area (Å²) >= 11 is 0. The summed E-state index contributed by atoms with van der Waals surface area (Å²) in [6.45, 7) is 0.519. The van der Waals surface area contributed by atoms with Gasteiger partial charge in [-0.1, -0.05) is 42.5 Å². The lowest BCUT2D eigenvalue weighted by atomic mass is 10.2. The lowest BCUT2D eigenvalue weighted by Crippen LogP contribution is -2.09. The minimum atomic E-state index is -0.134. The Morgan fingerprint density at radius 1 is 0.840 bits per heavy atom. The molecule has 1 aromatic heterocycles. The molecule has 0 spiro atoms. The maximum absolute atomic E-state index is 12.2. The summed E-state index contributed by atoms with van der Waals surface area (Å²) in [6, 6.07) is 24.9. The zero-order valence-corrected chi connectivity index (χ0v) is 13.5. The molecule has 25 heavy (non-hydrogen) atoms. The highest BCUT2D eigenvalue weighted by molar-refractivity contribution is 5.79. The molecule has 0 amide bonds. The van der Waals surface area contributed by atoms with Crippen LogP contribution in [0.25, 0.3) is 22.3 Å². The number of hydrogen-bond acceptors (Lipinski definition) is 3. The Bertz CT molecular complexity index is 1050. The number of aromatic amines is 1. The number of nitrogens with one attached hydrogen (secondary N) is 1. The molecule has 0 saturated heterocycles. The predicted octanol–water partition coefficient (Wildman–Crippen LogP) is 4.17. The normalized spacial score (nSPS) is 10.7. The Morgan fingerprint density at radius 2 is 1.56 bits per heavy atom. The van der Waals surface area contributed by atoms with Crippen LogP contribution in [0.1, 0.15) is 5.56 Å².